The third kappa shape index (κ3) is 4.80. The van der Waals surface area contributed by atoms with Gasteiger partial charge in [-0.25, -0.2) is 0 Å². The Labute approximate surface area is 111 Å². The highest BCUT2D eigenvalue weighted by atomic mass is 19.4. The lowest BCUT2D eigenvalue weighted by Gasteiger charge is -2.37. The van der Waals surface area contributed by atoms with E-state index in [-0.39, 0.29) is 6.04 Å². The number of aromatic nitrogens is 1. The fraction of sp³-hybridized carbons (Fsp3) is 0.615. The molecular formula is C13H20F3N3. The van der Waals surface area contributed by atoms with Crippen molar-refractivity contribution in [2.75, 3.05) is 6.54 Å². The highest BCUT2D eigenvalue weighted by Gasteiger charge is 2.36. The number of rotatable bonds is 5. The van der Waals surface area contributed by atoms with Crippen LogP contribution in [0, 0.1) is 0 Å². The first-order valence-corrected chi connectivity index (χ1v) is 6.20. The van der Waals surface area contributed by atoms with E-state index >= 15 is 0 Å². The van der Waals surface area contributed by atoms with Gasteiger partial charge in [0.05, 0.1) is 12.6 Å². The number of hydrogen-bond acceptors (Lipinski definition) is 3. The molecule has 0 amide bonds. The minimum Gasteiger partial charge on any atom is -0.326 e. The lowest BCUT2D eigenvalue weighted by molar-refractivity contribution is -0.156. The fourth-order valence-corrected chi connectivity index (χ4v) is 2.16. The van der Waals surface area contributed by atoms with Crippen LogP contribution in [0.3, 0.4) is 0 Å². The summed E-state index contributed by atoms with van der Waals surface area (Å²) in [6.45, 7) is 4.20. The number of nitrogens with zero attached hydrogens (tertiary/aromatic N) is 2. The molecule has 3 nitrogen and oxygen atoms in total. The van der Waals surface area contributed by atoms with Gasteiger partial charge in [0.15, 0.2) is 0 Å². The van der Waals surface area contributed by atoms with Crippen LogP contribution in [-0.4, -0.2) is 34.7 Å². The van der Waals surface area contributed by atoms with Crippen molar-refractivity contribution in [1.82, 2.24) is 9.88 Å². The van der Waals surface area contributed by atoms with Crippen LogP contribution in [0.2, 0.25) is 0 Å². The summed E-state index contributed by atoms with van der Waals surface area (Å²) in [5, 5.41) is 0. The third-order valence-corrected chi connectivity index (χ3v) is 2.91. The lowest BCUT2D eigenvalue weighted by atomic mass is 9.99. The van der Waals surface area contributed by atoms with E-state index in [2.05, 4.69) is 4.98 Å². The van der Waals surface area contributed by atoms with Crippen LogP contribution in [-0.2, 0) is 0 Å². The van der Waals surface area contributed by atoms with Crippen molar-refractivity contribution in [3.8, 4) is 0 Å². The largest absolute Gasteiger partial charge is 0.401 e. The Kier molecular flexibility index (Phi) is 5.31. The van der Waals surface area contributed by atoms with Crippen molar-refractivity contribution in [2.24, 2.45) is 5.73 Å². The van der Waals surface area contributed by atoms with Crippen LogP contribution in [0.1, 0.15) is 32.4 Å². The van der Waals surface area contributed by atoms with Crippen LogP contribution in [0.4, 0.5) is 13.2 Å². The summed E-state index contributed by atoms with van der Waals surface area (Å²) in [5.41, 5.74) is 6.59. The molecule has 1 aromatic rings. The summed E-state index contributed by atoms with van der Waals surface area (Å²) in [6, 6.07) is 2.27. The second kappa shape index (κ2) is 6.34. The molecule has 0 saturated carbocycles. The van der Waals surface area contributed by atoms with Crippen LogP contribution in [0.5, 0.6) is 0 Å². The number of alkyl halides is 3. The van der Waals surface area contributed by atoms with Crippen molar-refractivity contribution in [3.05, 3.63) is 30.1 Å². The summed E-state index contributed by atoms with van der Waals surface area (Å²) in [5.74, 6) is 0. The Morgan fingerprint density at radius 3 is 2.32 bits per heavy atom. The molecular weight excluding hydrogens is 255 g/mol. The Hall–Kier alpha value is -1.14. The van der Waals surface area contributed by atoms with Crippen molar-refractivity contribution >= 4 is 0 Å². The summed E-state index contributed by atoms with van der Waals surface area (Å²) in [6.07, 6.45) is -1.09. The van der Waals surface area contributed by atoms with Gasteiger partial charge in [-0.3, -0.25) is 9.88 Å². The molecule has 2 unspecified atom stereocenters. The maximum Gasteiger partial charge on any atom is 0.401 e. The SMILES string of the molecule is CC(N)C(c1cccnc1)N(CC(F)(F)F)C(C)C. The van der Waals surface area contributed by atoms with Gasteiger partial charge in [-0.2, -0.15) is 13.2 Å². The summed E-state index contributed by atoms with van der Waals surface area (Å²) in [7, 11) is 0. The summed E-state index contributed by atoms with van der Waals surface area (Å²) in [4.78, 5) is 5.33. The van der Waals surface area contributed by atoms with E-state index in [4.69, 9.17) is 5.73 Å². The maximum atomic E-state index is 12.7. The zero-order valence-electron chi connectivity index (χ0n) is 11.4. The standard InChI is InChI=1S/C13H20F3N3/c1-9(2)19(8-13(14,15)16)12(10(3)17)11-5-4-6-18-7-11/h4-7,9-10,12H,8,17H2,1-3H3. The lowest BCUT2D eigenvalue weighted by Crippen LogP contribution is -2.47. The van der Waals surface area contributed by atoms with Gasteiger partial charge in [-0.1, -0.05) is 6.07 Å². The average Bonchev–Trinajstić information content (AvgIpc) is 2.27. The molecule has 19 heavy (non-hydrogen) atoms. The van der Waals surface area contributed by atoms with E-state index in [0.29, 0.717) is 5.56 Å². The molecule has 0 aliphatic carbocycles. The first-order chi connectivity index (χ1) is 8.72. The fourth-order valence-electron chi connectivity index (χ4n) is 2.16. The van der Waals surface area contributed by atoms with Gasteiger partial charge in [0.2, 0.25) is 0 Å². The molecule has 0 bridgehead atoms. The zero-order valence-corrected chi connectivity index (χ0v) is 11.4. The quantitative estimate of drug-likeness (QED) is 0.898. The Morgan fingerprint density at radius 1 is 1.32 bits per heavy atom. The van der Waals surface area contributed by atoms with Gasteiger partial charge in [-0.05, 0) is 32.4 Å². The highest BCUT2D eigenvalue weighted by Crippen LogP contribution is 2.29. The van der Waals surface area contributed by atoms with E-state index in [1.165, 1.54) is 4.90 Å². The van der Waals surface area contributed by atoms with E-state index in [0.717, 1.165) is 0 Å². The molecule has 0 aliphatic rings. The minimum absolute atomic E-state index is 0.266. The predicted octanol–water partition coefficient (Wildman–Crippen LogP) is 2.74. The van der Waals surface area contributed by atoms with Crippen molar-refractivity contribution in [1.29, 1.82) is 0 Å². The molecule has 108 valence electrons. The maximum absolute atomic E-state index is 12.7. The first kappa shape index (κ1) is 15.9. The molecule has 0 saturated heterocycles. The van der Waals surface area contributed by atoms with Crippen molar-refractivity contribution in [2.45, 2.75) is 45.1 Å². The van der Waals surface area contributed by atoms with E-state index in [9.17, 15) is 13.2 Å². The minimum atomic E-state index is -4.25. The van der Waals surface area contributed by atoms with Gasteiger partial charge >= 0.3 is 6.18 Å². The van der Waals surface area contributed by atoms with Crippen LogP contribution >= 0.6 is 0 Å². The van der Waals surface area contributed by atoms with E-state index in [1.54, 1.807) is 45.3 Å². The summed E-state index contributed by atoms with van der Waals surface area (Å²) < 4.78 is 38.1. The predicted molar refractivity (Wildman–Crippen MR) is 68.5 cm³/mol. The highest BCUT2D eigenvalue weighted by molar-refractivity contribution is 5.16. The molecule has 6 heteroatoms. The van der Waals surface area contributed by atoms with Crippen molar-refractivity contribution in [3.63, 3.8) is 0 Å². The molecule has 1 heterocycles. The molecule has 2 atom stereocenters. The molecule has 1 rings (SSSR count). The molecule has 0 aliphatic heterocycles. The van der Waals surface area contributed by atoms with Gasteiger partial charge in [0, 0.05) is 24.5 Å². The number of hydrogen-bond donors (Lipinski definition) is 1. The molecule has 0 aromatic carbocycles. The van der Waals surface area contributed by atoms with Crippen LogP contribution in [0.15, 0.2) is 24.5 Å². The first-order valence-electron chi connectivity index (χ1n) is 6.20. The zero-order chi connectivity index (χ0) is 14.6. The van der Waals surface area contributed by atoms with E-state index in [1.807, 2.05) is 0 Å². The molecule has 0 fully saturated rings. The third-order valence-electron chi connectivity index (χ3n) is 2.91. The van der Waals surface area contributed by atoms with Gasteiger partial charge in [-0.15, -0.1) is 0 Å². The van der Waals surface area contributed by atoms with Gasteiger partial charge < -0.3 is 5.73 Å². The van der Waals surface area contributed by atoms with E-state index < -0.39 is 24.8 Å². The van der Waals surface area contributed by atoms with Crippen LogP contribution < -0.4 is 5.73 Å². The number of halogens is 3. The smallest absolute Gasteiger partial charge is 0.326 e. The van der Waals surface area contributed by atoms with Gasteiger partial charge in [0.1, 0.15) is 0 Å². The van der Waals surface area contributed by atoms with Crippen molar-refractivity contribution < 1.29 is 13.2 Å². The molecule has 1 aromatic heterocycles. The second-order valence-corrected chi connectivity index (χ2v) is 4.97. The average molecular weight is 275 g/mol. The number of nitrogens with two attached hydrogens (primary N) is 1. The Morgan fingerprint density at radius 2 is 1.95 bits per heavy atom. The summed E-state index contributed by atoms with van der Waals surface area (Å²) >= 11 is 0. The van der Waals surface area contributed by atoms with Crippen LogP contribution in [0.25, 0.3) is 0 Å². The number of pyridine rings is 1. The molecule has 2 N–H and O–H groups in total. The molecule has 0 radical (unpaired) electrons. The second-order valence-electron chi connectivity index (χ2n) is 4.97. The topological polar surface area (TPSA) is 42.1 Å². The monoisotopic (exact) mass is 275 g/mol. The molecule has 0 spiro atoms. The van der Waals surface area contributed by atoms with Gasteiger partial charge in [0.25, 0.3) is 0 Å². The Balaban J connectivity index is 3.07. The Bertz CT molecular complexity index is 376. The normalized spacial score (nSPS) is 15.8.